The monoisotopic (exact) mass is 281 g/mol. The van der Waals surface area contributed by atoms with Crippen molar-refractivity contribution in [2.45, 2.75) is 24.5 Å². The van der Waals surface area contributed by atoms with Crippen LogP contribution in [0, 0.1) is 0 Å². The minimum absolute atomic E-state index is 0.224. The van der Waals surface area contributed by atoms with Crippen LogP contribution >= 0.6 is 0 Å². The molecule has 1 atom stereocenters. The molecule has 0 aromatic carbocycles. The van der Waals surface area contributed by atoms with E-state index in [1.54, 1.807) is 23.6 Å². The van der Waals surface area contributed by atoms with Gasteiger partial charge in [0, 0.05) is 0 Å². The summed E-state index contributed by atoms with van der Waals surface area (Å²) in [5, 5.41) is 7.54. The molecule has 102 valence electrons. The highest BCUT2D eigenvalue weighted by Gasteiger charge is 2.34. The number of methoxy groups -OCH3 is 1. The number of fused-ring (bicyclic) bond motifs is 1. The lowest BCUT2D eigenvalue weighted by molar-refractivity contribution is 0.389. The van der Waals surface area contributed by atoms with Gasteiger partial charge in [0.25, 0.3) is 0 Å². The Kier molecular flexibility index (Phi) is 2.93. The van der Waals surface area contributed by atoms with Crippen LogP contribution in [0.15, 0.2) is 18.2 Å². The minimum atomic E-state index is -3.14. The van der Waals surface area contributed by atoms with Gasteiger partial charge in [-0.2, -0.15) is 0 Å². The lowest BCUT2D eigenvalue weighted by Crippen LogP contribution is -2.23. The molecule has 1 saturated heterocycles. The fraction of sp³-hybridized carbons (Fsp3) is 0.500. The van der Waals surface area contributed by atoms with Crippen LogP contribution in [0.4, 0.5) is 0 Å². The summed E-state index contributed by atoms with van der Waals surface area (Å²) in [6.45, 7) is 0. The number of pyridine rings is 1. The van der Waals surface area contributed by atoms with Crippen LogP contribution in [-0.4, -0.2) is 35.9 Å². The SMILES string of the molecule is COc1cccc2nnc(C3CCCCS3(=O)=O)n12. The van der Waals surface area contributed by atoms with Gasteiger partial charge in [0.2, 0.25) is 5.88 Å². The van der Waals surface area contributed by atoms with Crippen molar-refractivity contribution in [3.63, 3.8) is 0 Å². The number of ether oxygens (including phenoxy) is 1. The second-order valence-corrected chi connectivity index (χ2v) is 6.97. The Morgan fingerprint density at radius 3 is 2.89 bits per heavy atom. The van der Waals surface area contributed by atoms with Crippen molar-refractivity contribution in [2.24, 2.45) is 0 Å². The molecule has 0 radical (unpaired) electrons. The number of aromatic nitrogens is 3. The molecule has 2 aromatic rings. The summed E-state index contributed by atoms with van der Waals surface area (Å²) in [5.74, 6) is 1.24. The third-order valence-corrected chi connectivity index (χ3v) is 5.66. The maximum atomic E-state index is 12.2. The van der Waals surface area contributed by atoms with E-state index >= 15 is 0 Å². The summed E-state index contributed by atoms with van der Waals surface area (Å²) in [7, 11) is -1.59. The van der Waals surface area contributed by atoms with Gasteiger partial charge in [-0.25, -0.2) is 12.8 Å². The Morgan fingerprint density at radius 2 is 2.16 bits per heavy atom. The Morgan fingerprint density at radius 1 is 1.32 bits per heavy atom. The molecular weight excluding hydrogens is 266 g/mol. The number of sulfone groups is 1. The molecule has 0 spiro atoms. The zero-order chi connectivity index (χ0) is 13.5. The average molecular weight is 281 g/mol. The van der Waals surface area contributed by atoms with Crippen molar-refractivity contribution in [3.8, 4) is 5.88 Å². The predicted octanol–water partition coefficient (Wildman–Crippen LogP) is 1.38. The van der Waals surface area contributed by atoms with Gasteiger partial charge in [0.05, 0.1) is 12.9 Å². The van der Waals surface area contributed by atoms with Crippen molar-refractivity contribution >= 4 is 15.5 Å². The van der Waals surface area contributed by atoms with Crippen LogP contribution < -0.4 is 4.74 Å². The molecule has 3 rings (SSSR count). The van der Waals surface area contributed by atoms with E-state index in [1.807, 2.05) is 6.07 Å². The van der Waals surface area contributed by atoms with E-state index in [2.05, 4.69) is 10.2 Å². The number of rotatable bonds is 2. The minimum Gasteiger partial charge on any atom is -0.482 e. The van der Waals surface area contributed by atoms with Gasteiger partial charge in [0.15, 0.2) is 21.3 Å². The fourth-order valence-corrected chi connectivity index (χ4v) is 4.44. The van der Waals surface area contributed by atoms with E-state index in [4.69, 9.17) is 4.74 Å². The summed E-state index contributed by atoms with van der Waals surface area (Å²) >= 11 is 0. The number of hydrogen-bond acceptors (Lipinski definition) is 5. The van der Waals surface area contributed by atoms with Crippen LogP contribution in [0.5, 0.6) is 5.88 Å². The Labute approximate surface area is 111 Å². The first kappa shape index (κ1) is 12.4. The highest BCUT2D eigenvalue weighted by molar-refractivity contribution is 7.91. The lowest BCUT2D eigenvalue weighted by Gasteiger charge is -2.21. The third-order valence-electron chi connectivity index (χ3n) is 3.49. The second-order valence-electron chi connectivity index (χ2n) is 4.67. The van der Waals surface area contributed by atoms with Gasteiger partial charge in [0.1, 0.15) is 5.25 Å². The summed E-state index contributed by atoms with van der Waals surface area (Å²) in [6.07, 6.45) is 2.22. The molecule has 0 N–H and O–H groups in total. The number of hydrogen-bond donors (Lipinski definition) is 0. The molecule has 6 nitrogen and oxygen atoms in total. The molecule has 19 heavy (non-hydrogen) atoms. The maximum absolute atomic E-state index is 12.2. The highest BCUT2D eigenvalue weighted by atomic mass is 32.2. The molecule has 1 fully saturated rings. The summed E-state index contributed by atoms with van der Waals surface area (Å²) in [5.41, 5.74) is 0.607. The normalized spacial score (nSPS) is 22.5. The highest BCUT2D eigenvalue weighted by Crippen LogP contribution is 2.33. The Hall–Kier alpha value is -1.63. The molecular formula is C12H15N3O3S. The van der Waals surface area contributed by atoms with Crippen LogP contribution in [0.1, 0.15) is 30.3 Å². The molecule has 0 saturated carbocycles. The first-order valence-electron chi connectivity index (χ1n) is 6.23. The van der Waals surface area contributed by atoms with E-state index in [1.165, 1.54) is 0 Å². The van der Waals surface area contributed by atoms with Gasteiger partial charge in [-0.1, -0.05) is 12.5 Å². The molecule has 0 aliphatic carbocycles. The smallest absolute Gasteiger partial charge is 0.200 e. The molecule has 2 aromatic heterocycles. The van der Waals surface area contributed by atoms with E-state index in [9.17, 15) is 8.42 Å². The van der Waals surface area contributed by atoms with Gasteiger partial charge in [-0.05, 0) is 25.0 Å². The number of nitrogens with zero attached hydrogens (tertiary/aromatic N) is 3. The van der Waals surface area contributed by atoms with Crippen LogP contribution in [0.25, 0.3) is 5.65 Å². The molecule has 3 heterocycles. The van der Waals surface area contributed by atoms with Gasteiger partial charge < -0.3 is 4.74 Å². The molecule has 0 bridgehead atoms. The zero-order valence-corrected chi connectivity index (χ0v) is 11.4. The van der Waals surface area contributed by atoms with Gasteiger partial charge in [-0.15, -0.1) is 10.2 Å². The van der Waals surface area contributed by atoms with Crippen LogP contribution in [-0.2, 0) is 9.84 Å². The van der Waals surface area contributed by atoms with E-state index in [0.717, 1.165) is 12.8 Å². The molecule has 1 unspecified atom stereocenters. The van der Waals surface area contributed by atoms with Crippen molar-refractivity contribution in [1.29, 1.82) is 0 Å². The molecule has 7 heteroatoms. The van der Waals surface area contributed by atoms with Crippen LogP contribution in [0.2, 0.25) is 0 Å². The summed E-state index contributed by atoms with van der Waals surface area (Å²) < 4.78 is 31.4. The topological polar surface area (TPSA) is 73.6 Å². The van der Waals surface area contributed by atoms with Crippen molar-refractivity contribution in [1.82, 2.24) is 14.6 Å². The lowest BCUT2D eigenvalue weighted by atomic mass is 10.2. The average Bonchev–Trinajstić information content (AvgIpc) is 2.82. The van der Waals surface area contributed by atoms with Crippen molar-refractivity contribution in [3.05, 3.63) is 24.0 Å². The van der Waals surface area contributed by atoms with Crippen molar-refractivity contribution in [2.75, 3.05) is 12.9 Å². The molecule has 1 aliphatic heterocycles. The summed E-state index contributed by atoms with van der Waals surface area (Å²) in [4.78, 5) is 0. The van der Waals surface area contributed by atoms with E-state index < -0.39 is 15.1 Å². The van der Waals surface area contributed by atoms with Gasteiger partial charge >= 0.3 is 0 Å². The largest absolute Gasteiger partial charge is 0.482 e. The van der Waals surface area contributed by atoms with Gasteiger partial charge in [-0.3, -0.25) is 0 Å². The van der Waals surface area contributed by atoms with Crippen LogP contribution in [0.3, 0.4) is 0 Å². The van der Waals surface area contributed by atoms with E-state index in [0.29, 0.717) is 23.8 Å². The molecule has 0 amide bonds. The Balaban J connectivity index is 2.20. The molecule has 1 aliphatic rings. The second kappa shape index (κ2) is 4.48. The van der Waals surface area contributed by atoms with E-state index in [-0.39, 0.29) is 5.75 Å². The zero-order valence-electron chi connectivity index (χ0n) is 10.6. The quantitative estimate of drug-likeness (QED) is 0.831. The predicted molar refractivity (Wildman–Crippen MR) is 69.9 cm³/mol. The first-order valence-corrected chi connectivity index (χ1v) is 7.94. The summed E-state index contributed by atoms with van der Waals surface area (Å²) in [6, 6.07) is 5.37. The Bertz CT molecular complexity index is 708. The van der Waals surface area contributed by atoms with Crippen molar-refractivity contribution < 1.29 is 13.2 Å². The first-order chi connectivity index (χ1) is 9.13. The third kappa shape index (κ3) is 1.98. The standard InChI is InChI=1S/C12H15N3O3S/c1-18-11-7-4-6-10-13-14-12(15(10)11)9-5-2-3-8-19(9,16)17/h4,6-7,9H,2-3,5,8H2,1H3. The maximum Gasteiger partial charge on any atom is 0.200 e. The fourth-order valence-electron chi connectivity index (χ4n) is 2.55.